The number of carbonyl (C=O) groups is 1. The van der Waals surface area contributed by atoms with Gasteiger partial charge in [-0.25, -0.2) is 9.78 Å². The monoisotopic (exact) mass is 480 g/mol. The lowest BCUT2D eigenvalue weighted by molar-refractivity contribution is -0.384. The summed E-state index contributed by atoms with van der Waals surface area (Å²) in [4.78, 5) is 56.9. The lowest BCUT2D eigenvalue weighted by Gasteiger charge is -2.36. The number of pyridine rings is 1. The second-order valence-corrected chi connectivity index (χ2v) is 8.85. The molecule has 0 aliphatic carbocycles. The molecule has 3 heterocycles. The maximum Gasteiger partial charge on any atom is 0.332 e. The molecule has 1 fully saturated rings. The molecule has 2 aromatic heterocycles. The van der Waals surface area contributed by atoms with Crippen LogP contribution >= 0.6 is 0 Å². The van der Waals surface area contributed by atoms with Gasteiger partial charge in [-0.3, -0.25) is 28.8 Å². The number of hydrogen-bond donors (Lipinski definition) is 0. The van der Waals surface area contributed by atoms with Crippen LogP contribution in [0.25, 0.3) is 11.0 Å². The van der Waals surface area contributed by atoms with E-state index in [1.54, 1.807) is 19.2 Å². The summed E-state index contributed by atoms with van der Waals surface area (Å²) in [5, 5.41) is 11.3. The Balaban J connectivity index is 1.44. The Morgan fingerprint density at radius 1 is 1.03 bits per heavy atom. The van der Waals surface area contributed by atoms with Crippen LogP contribution in [-0.2, 0) is 25.3 Å². The van der Waals surface area contributed by atoms with Crippen molar-refractivity contribution in [2.24, 2.45) is 14.1 Å². The predicted molar refractivity (Wildman–Crippen MR) is 132 cm³/mol. The molecule has 0 unspecified atom stereocenters. The van der Waals surface area contributed by atoms with Gasteiger partial charge in [0.05, 0.1) is 10.3 Å². The van der Waals surface area contributed by atoms with Crippen molar-refractivity contribution < 1.29 is 9.72 Å². The molecule has 1 aliphatic rings. The molecule has 184 valence electrons. The molecule has 3 aromatic rings. The number of amides is 1. The van der Waals surface area contributed by atoms with E-state index in [1.165, 1.54) is 23.7 Å². The van der Waals surface area contributed by atoms with E-state index >= 15 is 0 Å². The minimum absolute atomic E-state index is 0.0283. The van der Waals surface area contributed by atoms with Crippen molar-refractivity contribution in [1.29, 1.82) is 0 Å². The number of hydrogen-bond acceptors (Lipinski definition) is 7. The summed E-state index contributed by atoms with van der Waals surface area (Å²) in [6.07, 6.45) is 0.743. The van der Waals surface area contributed by atoms with Crippen molar-refractivity contribution in [1.82, 2.24) is 19.0 Å². The van der Waals surface area contributed by atoms with Crippen molar-refractivity contribution in [3.05, 3.63) is 72.0 Å². The molecule has 0 atom stereocenters. The number of aryl methyl sites for hydroxylation is 3. The highest BCUT2D eigenvalue weighted by Crippen LogP contribution is 2.23. The Bertz CT molecular complexity index is 1430. The molecule has 1 saturated heterocycles. The van der Waals surface area contributed by atoms with Crippen LogP contribution in [0, 0.1) is 24.0 Å². The number of nitrogens with zero attached hydrogens (tertiary/aromatic N) is 6. The van der Waals surface area contributed by atoms with E-state index < -0.39 is 10.6 Å². The molecule has 0 N–H and O–H groups in total. The molecule has 0 saturated carbocycles. The fourth-order valence-electron chi connectivity index (χ4n) is 4.70. The summed E-state index contributed by atoms with van der Waals surface area (Å²) >= 11 is 0. The summed E-state index contributed by atoms with van der Waals surface area (Å²) < 4.78 is 2.45. The number of piperazine rings is 1. The first-order valence-electron chi connectivity index (χ1n) is 11.4. The van der Waals surface area contributed by atoms with E-state index in [2.05, 4.69) is 9.88 Å². The van der Waals surface area contributed by atoms with E-state index in [0.29, 0.717) is 55.7 Å². The van der Waals surface area contributed by atoms with E-state index in [9.17, 15) is 24.5 Å². The zero-order valence-corrected chi connectivity index (χ0v) is 20.3. The third-order valence-electron chi connectivity index (χ3n) is 6.82. The Kier molecular flexibility index (Phi) is 6.42. The molecular formula is C24H28N6O5. The van der Waals surface area contributed by atoms with Gasteiger partial charge in [-0.2, -0.15) is 0 Å². The number of carbonyl (C=O) groups excluding carboxylic acids is 1. The predicted octanol–water partition coefficient (Wildman–Crippen LogP) is 1.44. The van der Waals surface area contributed by atoms with Crippen LogP contribution in [0.15, 0.2) is 33.9 Å². The molecule has 11 heteroatoms. The van der Waals surface area contributed by atoms with Crippen LogP contribution in [0.4, 0.5) is 11.4 Å². The minimum Gasteiger partial charge on any atom is -0.368 e. The van der Waals surface area contributed by atoms with Crippen molar-refractivity contribution in [2.45, 2.75) is 26.7 Å². The zero-order chi connectivity index (χ0) is 25.4. The molecule has 1 aliphatic heterocycles. The van der Waals surface area contributed by atoms with E-state index in [1.807, 2.05) is 18.7 Å². The van der Waals surface area contributed by atoms with Gasteiger partial charge in [-0.15, -0.1) is 0 Å². The smallest absolute Gasteiger partial charge is 0.332 e. The lowest BCUT2D eigenvalue weighted by atomic mass is 9.99. The number of aromatic nitrogens is 3. The van der Waals surface area contributed by atoms with Crippen molar-refractivity contribution in [3.63, 3.8) is 0 Å². The second-order valence-electron chi connectivity index (χ2n) is 8.85. The first-order valence-corrected chi connectivity index (χ1v) is 11.4. The maximum absolute atomic E-state index is 12.9. The molecule has 4 rings (SSSR count). The molecule has 0 radical (unpaired) electrons. The third kappa shape index (κ3) is 4.41. The Morgan fingerprint density at radius 3 is 2.26 bits per heavy atom. The third-order valence-corrected chi connectivity index (χ3v) is 6.82. The summed E-state index contributed by atoms with van der Waals surface area (Å²) in [6.45, 7) is 6.08. The van der Waals surface area contributed by atoms with Crippen LogP contribution in [-0.4, -0.2) is 56.0 Å². The van der Waals surface area contributed by atoms with Crippen LogP contribution in [0.2, 0.25) is 0 Å². The van der Waals surface area contributed by atoms with Gasteiger partial charge in [0.15, 0.2) is 0 Å². The number of fused-ring (bicyclic) bond motifs is 1. The normalized spacial score (nSPS) is 13.9. The van der Waals surface area contributed by atoms with Crippen LogP contribution < -0.4 is 16.1 Å². The number of nitro benzene ring substituents is 1. The average Bonchev–Trinajstić information content (AvgIpc) is 2.85. The quantitative estimate of drug-likeness (QED) is 0.400. The van der Waals surface area contributed by atoms with Crippen molar-refractivity contribution >= 4 is 28.3 Å². The largest absolute Gasteiger partial charge is 0.368 e. The molecular weight excluding hydrogens is 452 g/mol. The van der Waals surface area contributed by atoms with Gasteiger partial charge in [0.2, 0.25) is 5.91 Å². The molecule has 1 amide bonds. The number of benzene rings is 1. The van der Waals surface area contributed by atoms with Gasteiger partial charge in [0, 0.05) is 70.2 Å². The fraction of sp³-hybridized carbons (Fsp3) is 0.417. The van der Waals surface area contributed by atoms with E-state index in [0.717, 1.165) is 21.4 Å². The molecule has 0 spiro atoms. The van der Waals surface area contributed by atoms with Crippen LogP contribution in [0.3, 0.4) is 0 Å². The van der Waals surface area contributed by atoms with Gasteiger partial charge in [-0.05, 0) is 43.5 Å². The van der Waals surface area contributed by atoms with Crippen LogP contribution in [0.1, 0.15) is 23.2 Å². The standard InChI is InChI=1S/C24H28N6O5/c1-15-19(16(2)25-22-21(15)23(32)27(4)24(33)26(22)3)9-10-20(31)29-13-11-28(12-14-29)17-5-7-18(8-6-17)30(34)35/h5-8H,9-14H2,1-4H3. The highest BCUT2D eigenvalue weighted by molar-refractivity contribution is 5.81. The number of rotatable bonds is 5. The van der Waals surface area contributed by atoms with Gasteiger partial charge in [0.25, 0.3) is 11.2 Å². The summed E-state index contributed by atoms with van der Waals surface area (Å²) in [5.41, 5.74) is 2.79. The number of non-ortho nitro benzene ring substituents is 1. The van der Waals surface area contributed by atoms with Gasteiger partial charge in [-0.1, -0.05) is 0 Å². The topological polar surface area (TPSA) is 124 Å². The maximum atomic E-state index is 12.9. The van der Waals surface area contributed by atoms with E-state index in [-0.39, 0.29) is 17.2 Å². The molecule has 0 bridgehead atoms. The highest BCUT2D eigenvalue weighted by atomic mass is 16.6. The van der Waals surface area contributed by atoms with Crippen molar-refractivity contribution in [2.75, 3.05) is 31.1 Å². The number of anilines is 1. The molecule has 35 heavy (non-hydrogen) atoms. The Labute approximate surface area is 201 Å². The lowest BCUT2D eigenvalue weighted by Crippen LogP contribution is -2.48. The van der Waals surface area contributed by atoms with E-state index in [4.69, 9.17) is 0 Å². The SMILES string of the molecule is Cc1nc2c(c(C)c1CCC(=O)N1CCN(c3ccc([N+](=O)[O-])cc3)CC1)c(=O)n(C)c(=O)n2C. The first kappa shape index (κ1) is 24.1. The van der Waals surface area contributed by atoms with Gasteiger partial charge >= 0.3 is 5.69 Å². The van der Waals surface area contributed by atoms with Gasteiger partial charge < -0.3 is 9.80 Å². The molecule has 11 nitrogen and oxygen atoms in total. The summed E-state index contributed by atoms with van der Waals surface area (Å²) in [5.74, 6) is 0.0283. The first-order chi connectivity index (χ1) is 16.6. The summed E-state index contributed by atoms with van der Waals surface area (Å²) in [6, 6.07) is 6.43. The Hall–Kier alpha value is -4.02. The number of nitro groups is 1. The van der Waals surface area contributed by atoms with Gasteiger partial charge in [0.1, 0.15) is 5.65 Å². The second kappa shape index (κ2) is 9.32. The molecule has 1 aromatic carbocycles. The highest BCUT2D eigenvalue weighted by Gasteiger charge is 2.23. The Morgan fingerprint density at radius 2 is 1.66 bits per heavy atom. The van der Waals surface area contributed by atoms with Crippen LogP contribution in [0.5, 0.6) is 0 Å². The zero-order valence-electron chi connectivity index (χ0n) is 20.3. The average molecular weight is 481 g/mol. The summed E-state index contributed by atoms with van der Waals surface area (Å²) in [7, 11) is 3.04. The van der Waals surface area contributed by atoms with Crippen molar-refractivity contribution in [3.8, 4) is 0 Å². The minimum atomic E-state index is -0.426. The fourth-order valence-corrected chi connectivity index (χ4v) is 4.70.